The molecule has 31 heavy (non-hydrogen) atoms. The second kappa shape index (κ2) is 8.79. The summed E-state index contributed by atoms with van der Waals surface area (Å²) < 4.78 is 0. The minimum absolute atomic E-state index is 0.0380. The molecule has 0 amide bonds. The molecule has 9 nitrogen and oxygen atoms in total. The highest BCUT2D eigenvalue weighted by molar-refractivity contribution is 6.33. The molecule has 3 heterocycles. The maximum Gasteiger partial charge on any atom is 0.258 e. The van der Waals surface area contributed by atoms with Crippen LogP contribution in [0.1, 0.15) is 29.2 Å². The smallest absolute Gasteiger partial charge is 0.258 e. The molecule has 0 bridgehead atoms. The Morgan fingerprint density at radius 1 is 1.26 bits per heavy atom. The molecule has 0 unspecified atom stereocenters. The number of benzene rings is 1. The maximum absolute atomic E-state index is 13.2. The lowest BCUT2D eigenvalue weighted by Gasteiger charge is -2.34. The number of nitriles is 1. The Balaban J connectivity index is 1.67. The molecule has 1 aliphatic heterocycles. The number of halogens is 1. The molecule has 0 aliphatic carbocycles. The van der Waals surface area contributed by atoms with Crippen LogP contribution < -0.4 is 10.5 Å². The Kier molecular flexibility index (Phi) is 5.93. The van der Waals surface area contributed by atoms with E-state index in [2.05, 4.69) is 31.8 Å². The molecule has 1 fully saturated rings. The van der Waals surface area contributed by atoms with Crippen LogP contribution in [-0.4, -0.2) is 63.3 Å². The molecular weight excluding hydrogens is 418 g/mol. The van der Waals surface area contributed by atoms with Gasteiger partial charge in [-0.2, -0.15) is 5.26 Å². The summed E-state index contributed by atoms with van der Waals surface area (Å²) in [6, 6.07) is 8.65. The summed E-state index contributed by atoms with van der Waals surface area (Å²) in [4.78, 5) is 45.4. The summed E-state index contributed by atoms with van der Waals surface area (Å²) in [6.45, 7) is 6.27. The average molecular weight is 438 g/mol. The van der Waals surface area contributed by atoms with Crippen molar-refractivity contribution in [1.29, 1.82) is 5.26 Å². The number of aromatic amines is 1. The fraction of sp³-hybridized carbons (Fsp3) is 0.333. The van der Waals surface area contributed by atoms with E-state index in [-0.39, 0.29) is 16.5 Å². The third-order valence-corrected chi connectivity index (χ3v) is 5.64. The first kappa shape index (κ1) is 20.9. The number of para-hydroxylation sites is 1. The van der Waals surface area contributed by atoms with Crippen molar-refractivity contribution in [3.8, 4) is 6.07 Å². The molecule has 1 saturated heterocycles. The second-order valence-corrected chi connectivity index (χ2v) is 7.59. The van der Waals surface area contributed by atoms with E-state index in [1.165, 1.54) is 6.20 Å². The van der Waals surface area contributed by atoms with Crippen LogP contribution in [-0.2, 0) is 0 Å². The lowest BCUT2D eigenvalue weighted by Crippen LogP contribution is -2.46. The number of nitrogens with zero attached hydrogens (tertiary/aromatic N) is 6. The Hall–Kier alpha value is -3.35. The molecule has 3 aromatic rings. The van der Waals surface area contributed by atoms with E-state index in [0.717, 1.165) is 32.7 Å². The van der Waals surface area contributed by atoms with E-state index in [0.29, 0.717) is 16.9 Å². The summed E-state index contributed by atoms with van der Waals surface area (Å²) in [6.07, 6.45) is 1.37. The number of piperazine rings is 1. The standard InChI is InChI=1S/C21H20ClN7O2/c1-2-28-7-9-29(10-8-28)21-24-12-15(22)17(26-21)18(30)14(11-23)19-25-16-6-4-3-5-13(16)20(31)27-19/h3-6,12,14H,2,7-10H2,1H3,(H,25,27,31)/t14-/m0/s1. The highest BCUT2D eigenvalue weighted by atomic mass is 35.5. The number of Topliss-reactive ketones (excluding diaryl/α,β-unsaturated/α-hetero) is 1. The van der Waals surface area contributed by atoms with Crippen molar-refractivity contribution >= 4 is 34.2 Å². The van der Waals surface area contributed by atoms with Crippen molar-refractivity contribution in [2.75, 3.05) is 37.6 Å². The van der Waals surface area contributed by atoms with Crippen LogP contribution in [0.15, 0.2) is 35.3 Å². The van der Waals surface area contributed by atoms with Crippen molar-refractivity contribution in [2.24, 2.45) is 0 Å². The number of aromatic nitrogens is 4. The molecule has 0 spiro atoms. The van der Waals surface area contributed by atoms with Gasteiger partial charge in [0.25, 0.3) is 5.56 Å². The molecule has 1 aliphatic rings. The highest BCUT2D eigenvalue weighted by Crippen LogP contribution is 2.24. The normalized spacial score (nSPS) is 15.6. The minimum Gasteiger partial charge on any atom is -0.338 e. The van der Waals surface area contributed by atoms with Gasteiger partial charge in [0.15, 0.2) is 5.92 Å². The van der Waals surface area contributed by atoms with Crippen molar-refractivity contribution in [1.82, 2.24) is 24.8 Å². The Morgan fingerprint density at radius 3 is 2.71 bits per heavy atom. The zero-order chi connectivity index (χ0) is 22.0. The van der Waals surface area contributed by atoms with Gasteiger partial charge in [-0.3, -0.25) is 9.59 Å². The Labute approximate surface area is 183 Å². The van der Waals surface area contributed by atoms with E-state index >= 15 is 0 Å². The summed E-state index contributed by atoms with van der Waals surface area (Å²) in [7, 11) is 0. The van der Waals surface area contributed by atoms with Crippen LogP contribution >= 0.6 is 11.6 Å². The molecule has 158 valence electrons. The van der Waals surface area contributed by atoms with Gasteiger partial charge < -0.3 is 14.8 Å². The van der Waals surface area contributed by atoms with E-state index in [4.69, 9.17) is 11.6 Å². The average Bonchev–Trinajstić information content (AvgIpc) is 2.80. The second-order valence-electron chi connectivity index (χ2n) is 7.18. The van der Waals surface area contributed by atoms with Gasteiger partial charge in [0.2, 0.25) is 11.7 Å². The highest BCUT2D eigenvalue weighted by Gasteiger charge is 2.29. The Bertz CT molecular complexity index is 1230. The minimum atomic E-state index is -1.35. The van der Waals surface area contributed by atoms with Gasteiger partial charge in [0, 0.05) is 26.2 Å². The van der Waals surface area contributed by atoms with Crippen molar-refractivity contribution in [3.63, 3.8) is 0 Å². The van der Waals surface area contributed by atoms with Gasteiger partial charge in [-0.05, 0) is 18.7 Å². The SMILES string of the molecule is CCN1CCN(c2ncc(Cl)c(C(=O)[C@H](C#N)c3nc4ccccc4c(=O)[nH]3)n2)CC1. The van der Waals surface area contributed by atoms with E-state index in [1.807, 2.05) is 11.0 Å². The third-order valence-electron chi connectivity index (χ3n) is 5.36. The molecule has 0 saturated carbocycles. The number of nitrogens with one attached hydrogen (secondary N) is 1. The lowest BCUT2D eigenvalue weighted by molar-refractivity contribution is 0.0971. The number of carbonyl (C=O) groups is 1. The fourth-order valence-corrected chi connectivity index (χ4v) is 3.75. The van der Waals surface area contributed by atoms with Gasteiger partial charge >= 0.3 is 0 Å². The predicted octanol–water partition coefficient (Wildman–Crippen LogP) is 2.00. The first-order valence-corrected chi connectivity index (χ1v) is 10.3. The molecule has 4 rings (SSSR count). The first-order valence-electron chi connectivity index (χ1n) is 9.94. The number of fused-ring (bicyclic) bond motifs is 1. The van der Waals surface area contributed by atoms with Crippen LogP contribution in [0.2, 0.25) is 5.02 Å². The van der Waals surface area contributed by atoms with Crippen molar-refractivity contribution in [2.45, 2.75) is 12.8 Å². The summed E-state index contributed by atoms with van der Waals surface area (Å²) in [5, 5.41) is 10.1. The molecule has 2 aromatic heterocycles. The number of H-pyrrole nitrogens is 1. The maximum atomic E-state index is 13.2. The fourth-order valence-electron chi connectivity index (χ4n) is 3.57. The van der Waals surface area contributed by atoms with Gasteiger partial charge in [-0.1, -0.05) is 30.7 Å². The van der Waals surface area contributed by atoms with Crippen LogP contribution in [0.3, 0.4) is 0 Å². The largest absolute Gasteiger partial charge is 0.338 e. The van der Waals surface area contributed by atoms with Gasteiger partial charge in [0.1, 0.15) is 11.5 Å². The number of hydrogen-bond donors (Lipinski definition) is 1. The van der Waals surface area contributed by atoms with E-state index in [1.54, 1.807) is 24.3 Å². The van der Waals surface area contributed by atoms with Gasteiger partial charge in [-0.15, -0.1) is 0 Å². The van der Waals surface area contributed by atoms with Crippen LogP contribution in [0.4, 0.5) is 5.95 Å². The van der Waals surface area contributed by atoms with E-state index < -0.39 is 17.3 Å². The topological polar surface area (TPSA) is 119 Å². The van der Waals surface area contributed by atoms with Gasteiger partial charge in [-0.25, -0.2) is 15.0 Å². The van der Waals surface area contributed by atoms with Crippen molar-refractivity contribution < 1.29 is 4.79 Å². The number of rotatable bonds is 5. The quantitative estimate of drug-likeness (QED) is 0.602. The number of likely N-dealkylation sites (N-methyl/N-ethyl adjacent to an activating group) is 1. The molecule has 10 heteroatoms. The van der Waals surface area contributed by atoms with Crippen LogP contribution in [0.25, 0.3) is 10.9 Å². The lowest BCUT2D eigenvalue weighted by atomic mass is 10.0. The molecule has 0 radical (unpaired) electrons. The Morgan fingerprint density at radius 2 is 2.00 bits per heavy atom. The van der Waals surface area contributed by atoms with E-state index in [9.17, 15) is 14.9 Å². The van der Waals surface area contributed by atoms with Crippen LogP contribution in [0, 0.1) is 11.3 Å². The first-order chi connectivity index (χ1) is 15.0. The third kappa shape index (κ3) is 4.13. The number of carbonyl (C=O) groups excluding carboxylic acids is 1. The summed E-state index contributed by atoms with van der Waals surface area (Å²) >= 11 is 6.22. The zero-order valence-corrected chi connectivity index (χ0v) is 17.6. The summed E-state index contributed by atoms with van der Waals surface area (Å²) in [5.74, 6) is -1.64. The number of hydrogen-bond acceptors (Lipinski definition) is 8. The monoisotopic (exact) mass is 437 g/mol. The molecular formula is C21H20ClN7O2. The predicted molar refractivity (Wildman–Crippen MR) is 116 cm³/mol. The summed E-state index contributed by atoms with van der Waals surface area (Å²) in [5.41, 5.74) is -0.0820. The number of ketones is 1. The molecule has 1 atom stereocenters. The molecule has 1 aromatic carbocycles. The number of anilines is 1. The zero-order valence-electron chi connectivity index (χ0n) is 16.9. The van der Waals surface area contributed by atoms with Crippen LogP contribution in [0.5, 0.6) is 0 Å². The van der Waals surface area contributed by atoms with Gasteiger partial charge in [0.05, 0.1) is 28.2 Å². The molecule has 1 N–H and O–H groups in total. The van der Waals surface area contributed by atoms with Crippen molar-refractivity contribution in [3.05, 3.63) is 57.4 Å².